The molecule has 0 aromatic carbocycles. The standard InChI is InChI=1S/C29H46O2/c1-17(22-14-19(22)3)6-7-18(2)23-8-9-24-27-25(11-13-29(23,24)5)28(4)12-10-21(30)15-20(28)16-26(27)31/h16-19,21-25,27,30H,6-15H2,1-5H3/t17?,18-,19-,21+,22+,23-,24+,25+,27+,28+,29-/m1/s1. The molecule has 0 spiro atoms. The van der Waals surface area contributed by atoms with Crippen LogP contribution in [0.15, 0.2) is 11.6 Å². The molecule has 4 saturated carbocycles. The van der Waals surface area contributed by atoms with Crippen molar-refractivity contribution in [2.75, 3.05) is 0 Å². The van der Waals surface area contributed by atoms with Crippen LogP contribution in [0.2, 0.25) is 0 Å². The lowest BCUT2D eigenvalue weighted by Crippen LogP contribution is -2.53. The van der Waals surface area contributed by atoms with Gasteiger partial charge in [0.15, 0.2) is 5.78 Å². The minimum Gasteiger partial charge on any atom is -0.393 e. The molecule has 0 aromatic heterocycles. The summed E-state index contributed by atoms with van der Waals surface area (Å²) in [5, 5.41) is 10.2. The number of hydrogen-bond donors (Lipinski definition) is 1. The summed E-state index contributed by atoms with van der Waals surface area (Å²) in [5.74, 6) is 6.16. The van der Waals surface area contributed by atoms with E-state index in [9.17, 15) is 9.90 Å². The van der Waals surface area contributed by atoms with E-state index in [-0.39, 0.29) is 17.4 Å². The van der Waals surface area contributed by atoms with Gasteiger partial charge in [-0.3, -0.25) is 4.79 Å². The number of carbonyl (C=O) groups excluding carboxylic acids is 1. The molecule has 0 aromatic rings. The van der Waals surface area contributed by atoms with Crippen LogP contribution in [-0.4, -0.2) is 17.0 Å². The second-order valence-corrected chi connectivity index (χ2v) is 13.3. The number of aliphatic hydroxyl groups excluding tert-OH is 1. The van der Waals surface area contributed by atoms with Gasteiger partial charge in [0, 0.05) is 5.92 Å². The molecule has 5 aliphatic rings. The summed E-state index contributed by atoms with van der Waals surface area (Å²) in [7, 11) is 0. The second kappa shape index (κ2) is 7.71. The molecule has 1 N–H and O–H groups in total. The number of carbonyl (C=O) groups is 1. The fourth-order valence-corrected chi connectivity index (χ4v) is 9.44. The molecule has 0 aliphatic heterocycles. The Bertz CT molecular complexity index is 754. The zero-order valence-corrected chi connectivity index (χ0v) is 20.7. The Morgan fingerprint density at radius 2 is 1.74 bits per heavy atom. The van der Waals surface area contributed by atoms with Crippen molar-refractivity contribution in [1.29, 1.82) is 0 Å². The molecular formula is C29H46O2. The summed E-state index contributed by atoms with van der Waals surface area (Å²) in [4.78, 5) is 13.5. The SMILES string of the molecule is CC(CC[C@@H](C)[C@H]1CC[C@H]2[C@@H]3C(=O)C=C4C[C@@H](O)CC[C@]4(C)[C@H]3CC[C@]12C)[C@@H]1C[C@H]1C. The summed E-state index contributed by atoms with van der Waals surface area (Å²) in [5.41, 5.74) is 1.77. The number of rotatable bonds is 5. The van der Waals surface area contributed by atoms with E-state index in [2.05, 4.69) is 34.6 Å². The predicted molar refractivity (Wildman–Crippen MR) is 126 cm³/mol. The van der Waals surface area contributed by atoms with E-state index >= 15 is 0 Å². The van der Waals surface area contributed by atoms with E-state index in [0.29, 0.717) is 23.0 Å². The topological polar surface area (TPSA) is 37.3 Å². The number of ketones is 1. The molecule has 4 fully saturated rings. The van der Waals surface area contributed by atoms with E-state index in [1.54, 1.807) is 0 Å². The van der Waals surface area contributed by atoms with Crippen LogP contribution >= 0.6 is 0 Å². The maximum Gasteiger partial charge on any atom is 0.159 e. The molecule has 11 atom stereocenters. The van der Waals surface area contributed by atoms with Gasteiger partial charge < -0.3 is 5.11 Å². The molecule has 0 heterocycles. The lowest BCUT2D eigenvalue weighted by molar-refractivity contribution is -0.135. The number of allylic oxidation sites excluding steroid dienone is 1. The molecule has 5 rings (SSSR count). The van der Waals surface area contributed by atoms with Crippen LogP contribution in [0.1, 0.15) is 98.8 Å². The molecule has 1 unspecified atom stereocenters. The molecule has 0 amide bonds. The normalized spacial score (nSPS) is 50.7. The van der Waals surface area contributed by atoms with Crippen LogP contribution in [0.25, 0.3) is 0 Å². The van der Waals surface area contributed by atoms with Crippen molar-refractivity contribution >= 4 is 5.78 Å². The number of hydrogen-bond acceptors (Lipinski definition) is 2. The monoisotopic (exact) mass is 426 g/mol. The van der Waals surface area contributed by atoms with Gasteiger partial charge in [-0.05, 0) is 110 Å². The molecule has 5 aliphatic carbocycles. The third kappa shape index (κ3) is 3.49. The smallest absolute Gasteiger partial charge is 0.159 e. The van der Waals surface area contributed by atoms with Crippen LogP contribution in [0.4, 0.5) is 0 Å². The maximum absolute atomic E-state index is 13.5. The van der Waals surface area contributed by atoms with Gasteiger partial charge in [-0.25, -0.2) is 0 Å². The van der Waals surface area contributed by atoms with E-state index in [4.69, 9.17) is 0 Å². The van der Waals surface area contributed by atoms with Crippen LogP contribution < -0.4 is 0 Å². The third-order valence-corrected chi connectivity index (χ3v) is 11.7. The van der Waals surface area contributed by atoms with Gasteiger partial charge in [0.05, 0.1) is 6.10 Å². The minimum absolute atomic E-state index is 0.152. The second-order valence-electron chi connectivity index (χ2n) is 13.3. The lowest BCUT2D eigenvalue weighted by atomic mass is 9.46. The van der Waals surface area contributed by atoms with Crippen molar-refractivity contribution in [3.05, 3.63) is 11.6 Å². The zero-order chi connectivity index (χ0) is 22.1. The van der Waals surface area contributed by atoms with Gasteiger partial charge in [-0.2, -0.15) is 0 Å². The van der Waals surface area contributed by atoms with Crippen molar-refractivity contribution in [2.24, 2.45) is 58.2 Å². The highest BCUT2D eigenvalue weighted by Gasteiger charge is 2.61. The third-order valence-electron chi connectivity index (χ3n) is 11.7. The first-order chi connectivity index (χ1) is 14.6. The highest BCUT2D eigenvalue weighted by atomic mass is 16.3. The first-order valence-corrected chi connectivity index (χ1v) is 13.6. The lowest BCUT2D eigenvalue weighted by Gasteiger charge is -2.57. The van der Waals surface area contributed by atoms with Crippen LogP contribution in [0.3, 0.4) is 0 Å². The zero-order valence-electron chi connectivity index (χ0n) is 20.7. The average Bonchev–Trinajstić information content (AvgIpc) is 3.35. The molecular weight excluding hydrogens is 380 g/mol. The highest BCUT2D eigenvalue weighted by molar-refractivity contribution is 5.94. The van der Waals surface area contributed by atoms with E-state index in [0.717, 1.165) is 48.9 Å². The Labute approximate surface area is 190 Å². The molecule has 0 saturated heterocycles. The van der Waals surface area contributed by atoms with Gasteiger partial charge >= 0.3 is 0 Å². The van der Waals surface area contributed by atoms with Crippen molar-refractivity contribution < 1.29 is 9.90 Å². The molecule has 2 heteroatoms. The van der Waals surface area contributed by atoms with Crippen molar-refractivity contribution in [3.63, 3.8) is 0 Å². The highest BCUT2D eigenvalue weighted by Crippen LogP contribution is 2.66. The fourth-order valence-electron chi connectivity index (χ4n) is 9.44. The van der Waals surface area contributed by atoms with Crippen LogP contribution in [0, 0.1) is 58.2 Å². The Hall–Kier alpha value is -0.630. The Morgan fingerprint density at radius 3 is 2.45 bits per heavy atom. The van der Waals surface area contributed by atoms with Gasteiger partial charge in [0.25, 0.3) is 0 Å². The Kier molecular flexibility index (Phi) is 5.52. The Balaban J connectivity index is 1.32. The van der Waals surface area contributed by atoms with Crippen molar-refractivity contribution in [2.45, 2.75) is 105 Å². The molecule has 0 bridgehead atoms. The van der Waals surface area contributed by atoms with Gasteiger partial charge in [-0.1, -0.05) is 53.0 Å². The van der Waals surface area contributed by atoms with Gasteiger partial charge in [-0.15, -0.1) is 0 Å². The predicted octanol–water partition coefficient (Wildman–Crippen LogP) is 6.81. The largest absolute Gasteiger partial charge is 0.393 e. The minimum atomic E-state index is -0.240. The Morgan fingerprint density at radius 1 is 1.03 bits per heavy atom. The van der Waals surface area contributed by atoms with E-state index < -0.39 is 0 Å². The fraction of sp³-hybridized carbons (Fsp3) is 0.897. The quantitative estimate of drug-likeness (QED) is 0.524. The number of aliphatic hydroxyl groups is 1. The molecule has 174 valence electrons. The van der Waals surface area contributed by atoms with E-state index in [1.807, 2.05) is 6.08 Å². The van der Waals surface area contributed by atoms with Crippen LogP contribution in [-0.2, 0) is 4.79 Å². The average molecular weight is 427 g/mol. The number of fused-ring (bicyclic) bond motifs is 5. The van der Waals surface area contributed by atoms with Gasteiger partial charge in [0.2, 0.25) is 0 Å². The first-order valence-electron chi connectivity index (χ1n) is 13.6. The molecule has 0 radical (unpaired) electrons. The van der Waals surface area contributed by atoms with Crippen molar-refractivity contribution in [3.8, 4) is 0 Å². The molecule has 2 nitrogen and oxygen atoms in total. The van der Waals surface area contributed by atoms with Gasteiger partial charge in [0.1, 0.15) is 0 Å². The van der Waals surface area contributed by atoms with E-state index in [1.165, 1.54) is 50.5 Å². The summed E-state index contributed by atoms with van der Waals surface area (Å²) in [6, 6.07) is 0. The summed E-state index contributed by atoms with van der Waals surface area (Å²) in [6.45, 7) is 12.4. The first kappa shape index (κ1) is 22.2. The summed E-state index contributed by atoms with van der Waals surface area (Å²) >= 11 is 0. The summed E-state index contributed by atoms with van der Waals surface area (Å²) < 4.78 is 0. The maximum atomic E-state index is 13.5. The summed E-state index contributed by atoms with van der Waals surface area (Å²) in [6.07, 6.45) is 13.8. The van der Waals surface area contributed by atoms with Crippen molar-refractivity contribution in [1.82, 2.24) is 0 Å². The molecule has 31 heavy (non-hydrogen) atoms. The van der Waals surface area contributed by atoms with Crippen LogP contribution in [0.5, 0.6) is 0 Å².